The van der Waals surface area contributed by atoms with Crippen LogP contribution in [0.25, 0.3) is 10.2 Å². The molecule has 0 atom stereocenters. The number of nitrogens with one attached hydrogen (secondary N) is 1. The SMILES string of the molecule is Cc1ccc(Cc2c(C)nc(C)nc2Nc2nc3ccc(F)cc3s2)cc1. The fourth-order valence-corrected chi connectivity index (χ4v) is 3.90. The summed E-state index contributed by atoms with van der Waals surface area (Å²) >= 11 is 1.41. The molecule has 0 aliphatic carbocycles. The van der Waals surface area contributed by atoms with Crippen LogP contribution in [0.3, 0.4) is 0 Å². The summed E-state index contributed by atoms with van der Waals surface area (Å²) in [7, 11) is 0. The van der Waals surface area contributed by atoms with Crippen LogP contribution in [0.1, 0.15) is 28.2 Å². The number of nitrogens with zero attached hydrogens (tertiary/aromatic N) is 3. The van der Waals surface area contributed by atoms with Gasteiger partial charge in [0.15, 0.2) is 5.13 Å². The summed E-state index contributed by atoms with van der Waals surface area (Å²) < 4.78 is 14.3. The highest BCUT2D eigenvalue weighted by atomic mass is 32.1. The van der Waals surface area contributed by atoms with Crippen LogP contribution in [0.2, 0.25) is 0 Å². The largest absolute Gasteiger partial charge is 0.316 e. The van der Waals surface area contributed by atoms with Crippen molar-refractivity contribution in [1.82, 2.24) is 15.0 Å². The molecule has 0 aliphatic rings. The first-order valence-corrected chi connectivity index (χ1v) is 9.52. The van der Waals surface area contributed by atoms with Crippen molar-refractivity contribution in [2.45, 2.75) is 27.2 Å². The molecular weight excluding hydrogens is 359 g/mol. The van der Waals surface area contributed by atoms with E-state index in [0.29, 0.717) is 11.0 Å². The maximum atomic E-state index is 13.5. The Morgan fingerprint density at radius 3 is 2.52 bits per heavy atom. The molecule has 2 aromatic carbocycles. The molecule has 0 unspecified atom stereocenters. The molecule has 27 heavy (non-hydrogen) atoms. The summed E-state index contributed by atoms with van der Waals surface area (Å²) in [4.78, 5) is 13.7. The lowest BCUT2D eigenvalue weighted by Gasteiger charge is -2.13. The lowest BCUT2D eigenvalue weighted by atomic mass is 10.0. The predicted octanol–water partition coefficient (Wildman–Crippen LogP) is 5.49. The maximum absolute atomic E-state index is 13.5. The third kappa shape index (κ3) is 3.80. The fourth-order valence-electron chi connectivity index (χ4n) is 3.01. The number of halogens is 1. The van der Waals surface area contributed by atoms with Gasteiger partial charge >= 0.3 is 0 Å². The lowest BCUT2D eigenvalue weighted by molar-refractivity contribution is 0.630. The number of benzene rings is 2. The van der Waals surface area contributed by atoms with Gasteiger partial charge in [0.2, 0.25) is 0 Å². The van der Waals surface area contributed by atoms with Gasteiger partial charge in [-0.1, -0.05) is 41.2 Å². The molecule has 6 heteroatoms. The maximum Gasteiger partial charge on any atom is 0.189 e. The van der Waals surface area contributed by atoms with E-state index in [4.69, 9.17) is 0 Å². The minimum atomic E-state index is -0.258. The van der Waals surface area contributed by atoms with Crippen molar-refractivity contribution in [2.75, 3.05) is 5.32 Å². The Morgan fingerprint density at radius 1 is 0.963 bits per heavy atom. The van der Waals surface area contributed by atoms with E-state index < -0.39 is 0 Å². The molecule has 0 fully saturated rings. The molecule has 2 aromatic heterocycles. The molecule has 0 radical (unpaired) electrons. The predicted molar refractivity (Wildman–Crippen MR) is 108 cm³/mol. The van der Waals surface area contributed by atoms with Crippen LogP contribution in [0.4, 0.5) is 15.3 Å². The molecule has 0 aliphatic heterocycles. The highest BCUT2D eigenvalue weighted by molar-refractivity contribution is 7.22. The average molecular weight is 378 g/mol. The molecule has 1 N–H and O–H groups in total. The highest BCUT2D eigenvalue weighted by Crippen LogP contribution is 2.30. The van der Waals surface area contributed by atoms with Crippen LogP contribution in [0.15, 0.2) is 42.5 Å². The van der Waals surface area contributed by atoms with Crippen molar-refractivity contribution in [3.63, 3.8) is 0 Å². The first-order valence-electron chi connectivity index (χ1n) is 8.71. The number of aromatic nitrogens is 3. The van der Waals surface area contributed by atoms with Crippen LogP contribution >= 0.6 is 11.3 Å². The number of hydrogen-bond acceptors (Lipinski definition) is 5. The monoisotopic (exact) mass is 378 g/mol. The van der Waals surface area contributed by atoms with Crippen molar-refractivity contribution >= 4 is 32.5 Å². The van der Waals surface area contributed by atoms with Crippen molar-refractivity contribution in [3.05, 3.63) is 76.5 Å². The van der Waals surface area contributed by atoms with Gasteiger partial charge in [0.25, 0.3) is 0 Å². The van der Waals surface area contributed by atoms with Gasteiger partial charge in [-0.25, -0.2) is 19.3 Å². The van der Waals surface area contributed by atoms with Crippen molar-refractivity contribution < 1.29 is 4.39 Å². The topological polar surface area (TPSA) is 50.7 Å². The number of thiazole rings is 1. The van der Waals surface area contributed by atoms with Gasteiger partial charge in [-0.15, -0.1) is 0 Å². The summed E-state index contributed by atoms with van der Waals surface area (Å²) in [5.74, 6) is 1.20. The molecule has 4 rings (SSSR count). The average Bonchev–Trinajstić information content (AvgIpc) is 3.01. The van der Waals surface area contributed by atoms with E-state index in [1.807, 2.05) is 13.8 Å². The number of aryl methyl sites for hydroxylation is 3. The number of anilines is 2. The van der Waals surface area contributed by atoms with Gasteiger partial charge in [-0.3, -0.25) is 0 Å². The van der Waals surface area contributed by atoms with E-state index in [1.165, 1.54) is 34.6 Å². The quantitative estimate of drug-likeness (QED) is 0.510. The van der Waals surface area contributed by atoms with Crippen LogP contribution in [0, 0.1) is 26.6 Å². The van der Waals surface area contributed by atoms with Crippen molar-refractivity contribution in [3.8, 4) is 0 Å². The second kappa shape index (κ2) is 7.04. The van der Waals surface area contributed by atoms with E-state index in [9.17, 15) is 4.39 Å². The van der Waals surface area contributed by atoms with Gasteiger partial charge in [0.05, 0.1) is 10.2 Å². The van der Waals surface area contributed by atoms with Gasteiger partial charge in [0, 0.05) is 17.7 Å². The molecule has 136 valence electrons. The van der Waals surface area contributed by atoms with E-state index in [2.05, 4.69) is 51.5 Å². The molecule has 0 bridgehead atoms. The van der Waals surface area contributed by atoms with Gasteiger partial charge in [-0.05, 0) is 44.5 Å². The Bertz CT molecular complexity index is 1120. The van der Waals surface area contributed by atoms with Crippen molar-refractivity contribution in [1.29, 1.82) is 0 Å². The minimum Gasteiger partial charge on any atom is -0.316 e. The molecule has 4 aromatic rings. The molecule has 0 saturated heterocycles. The molecule has 0 spiro atoms. The van der Waals surface area contributed by atoms with E-state index in [-0.39, 0.29) is 5.82 Å². The third-order valence-corrected chi connectivity index (χ3v) is 5.34. The van der Waals surface area contributed by atoms with E-state index in [1.54, 1.807) is 6.07 Å². The minimum absolute atomic E-state index is 0.258. The van der Waals surface area contributed by atoms with Gasteiger partial charge in [-0.2, -0.15) is 0 Å². The number of rotatable bonds is 4. The Morgan fingerprint density at radius 2 is 1.74 bits per heavy atom. The molecule has 2 heterocycles. The number of fused-ring (bicyclic) bond motifs is 1. The Balaban J connectivity index is 1.71. The standard InChI is InChI=1S/C21H19FN4S/c1-12-4-6-15(7-5-12)10-17-13(2)23-14(3)24-20(17)26-21-25-18-9-8-16(22)11-19(18)27-21/h4-9,11H,10H2,1-3H3,(H,23,24,25,26). The zero-order chi connectivity index (χ0) is 19.0. The van der Waals surface area contributed by atoms with E-state index in [0.717, 1.165) is 33.7 Å². The zero-order valence-electron chi connectivity index (χ0n) is 15.4. The second-order valence-corrected chi connectivity index (χ2v) is 7.63. The van der Waals surface area contributed by atoms with Gasteiger partial charge < -0.3 is 5.32 Å². The zero-order valence-corrected chi connectivity index (χ0v) is 16.2. The molecule has 4 nitrogen and oxygen atoms in total. The molecule has 0 amide bonds. The Labute approximate surface area is 161 Å². The Hall–Kier alpha value is -2.86. The van der Waals surface area contributed by atoms with Crippen LogP contribution in [-0.2, 0) is 6.42 Å². The smallest absolute Gasteiger partial charge is 0.189 e. The van der Waals surface area contributed by atoms with Crippen molar-refractivity contribution in [2.24, 2.45) is 0 Å². The summed E-state index contributed by atoms with van der Waals surface area (Å²) in [6, 6.07) is 13.1. The van der Waals surface area contributed by atoms with Crippen LogP contribution < -0.4 is 5.32 Å². The van der Waals surface area contributed by atoms with Gasteiger partial charge in [0.1, 0.15) is 17.5 Å². The first kappa shape index (κ1) is 17.5. The fraction of sp³-hybridized carbons (Fsp3) is 0.190. The summed E-state index contributed by atoms with van der Waals surface area (Å²) in [5, 5.41) is 4.02. The first-order chi connectivity index (χ1) is 13.0. The molecular formula is C21H19FN4S. The normalized spacial score (nSPS) is 11.1. The van der Waals surface area contributed by atoms with E-state index >= 15 is 0 Å². The summed E-state index contributed by atoms with van der Waals surface area (Å²) in [6.45, 7) is 5.95. The Kier molecular flexibility index (Phi) is 4.58. The van der Waals surface area contributed by atoms with Crippen LogP contribution in [0.5, 0.6) is 0 Å². The van der Waals surface area contributed by atoms with Crippen LogP contribution in [-0.4, -0.2) is 15.0 Å². The second-order valence-electron chi connectivity index (χ2n) is 6.60. The lowest BCUT2D eigenvalue weighted by Crippen LogP contribution is -2.06. The number of hydrogen-bond donors (Lipinski definition) is 1. The summed E-state index contributed by atoms with van der Waals surface area (Å²) in [6.07, 6.45) is 0.730. The summed E-state index contributed by atoms with van der Waals surface area (Å²) in [5.41, 5.74) is 5.18. The third-order valence-electron chi connectivity index (χ3n) is 4.40. The highest BCUT2D eigenvalue weighted by Gasteiger charge is 2.14. The molecule has 0 saturated carbocycles.